The van der Waals surface area contributed by atoms with Gasteiger partial charge in [-0.1, -0.05) is 6.07 Å². The fraction of sp³-hybridized carbons (Fsp3) is 0.333. The lowest BCUT2D eigenvalue weighted by atomic mass is 9.72. The molecule has 1 fully saturated rings. The number of hydrogen-bond donors (Lipinski definition) is 3. The van der Waals surface area contributed by atoms with E-state index in [1.54, 1.807) is 20.0 Å². The standard InChI is InChI=1S/C21H22F2N6O/c1-21(2,30)13-3-4-17(25-9-13)11-5-12(6-11)19-27-20(29-28-19)15-7-14(22)8-16(23)18(15)26-10-24/h3-4,7-12,30H,5-6H2,1-2H3,(H2,24,26)(H,27,28,29). The molecule has 1 aliphatic carbocycles. The van der Waals surface area contributed by atoms with Crippen LogP contribution in [0, 0.1) is 11.6 Å². The average Bonchev–Trinajstić information content (AvgIpc) is 3.12. The van der Waals surface area contributed by atoms with Gasteiger partial charge in [-0.15, -0.1) is 0 Å². The van der Waals surface area contributed by atoms with Crippen molar-refractivity contribution in [1.82, 2.24) is 20.2 Å². The second-order valence-electron chi connectivity index (χ2n) is 8.00. The maximum Gasteiger partial charge on any atom is 0.183 e. The van der Waals surface area contributed by atoms with Crippen LogP contribution in [0.25, 0.3) is 11.4 Å². The Balaban J connectivity index is 1.49. The molecule has 2 aromatic heterocycles. The Morgan fingerprint density at radius 2 is 2.00 bits per heavy atom. The molecule has 2 heterocycles. The molecule has 156 valence electrons. The van der Waals surface area contributed by atoms with Crippen LogP contribution in [0.4, 0.5) is 14.5 Å². The molecule has 0 radical (unpaired) electrons. The first-order chi connectivity index (χ1) is 14.3. The summed E-state index contributed by atoms with van der Waals surface area (Å²) < 4.78 is 27.8. The number of hydrogen-bond acceptors (Lipinski definition) is 5. The number of nitrogens with one attached hydrogen (secondary N) is 1. The van der Waals surface area contributed by atoms with Gasteiger partial charge in [-0.2, -0.15) is 5.10 Å². The van der Waals surface area contributed by atoms with E-state index in [0.29, 0.717) is 5.82 Å². The van der Waals surface area contributed by atoms with Gasteiger partial charge in [0, 0.05) is 35.4 Å². The lowest BCUT2D eigenvalue weighted by Crippen LogP contribution is -2.22. The van der Waals surface area contributed by atoms with Gasteiger partial charge in [0.1, 0.15) is 17.3 Å². The first kappa shape index (κ1) is 20.1. The van der Waals surface area contributed by atoms with Gasteiger partial charge in [0.2, 0.25) is 0 Å². The number of rotatable bonds is 5. The third kappa shape index (κ3) is 3.80. The summed E-state index contributed by atoms with van der Waals surface area (Å²) in [5.41, 5.74) is 6.12. The molecule has 1 saturated carbocycles. The van der Waals surface area contributed by atoms with E-state index in [-0.39, 0.29) is 28.9 Å². The summed E-state index contributed by atoms with van der Waals surface area (Å²) in [6.45, 7) is 3.44. The van der Waals surface area contributed by atoms with E-state index < -0.39 is 17.2 Å². The van der Waals surface area contributed by atoms with Crippen molar-refractivity contribution >= 4 is 12.0 Å². The predicted octanol–water partition coefficient (Wildman–Crippen LogP) is 3.65. The normalized spacial score (nSPS) is 19.2. The molecule has 0 unspecified atom stereocenters. The number of pyridine rings is 1. The lowest BCUT2D eigenvalue weighted by Gasteiger charge is -2.33. The molecule has 4 N–H and O–H groups in total. The number of aromatic amines is 1. The van der Waals surface area contributed by atoms with Crippen LogP contribution in [0.1, 0.15) is 55.6 Å². The zero-order valence-corrected chi connectivity index (χ0v) is 16.6. The number of nitrogens with zero attached hydrogens (tertiary/aromatic N) is 4. The van der Waals surface area contributed by atoms with Crippen molar-refractivity contribution in [3.8, 4) is 11.4 Å². The highest BCUT2D eigenvalue weighted by molar-refractivity contribution is 5.75. The highest BCUT2D eigenvalue weighted by Crippen LogP contribution is 2.46. The van der Waals surface area contributed by atoms with Crippen LogP contribution in [0.3, 0.4) is 0 Å². The molecule has 0 atom stereocenters. The average molecular weight is 412 g/mol. The third-order valence-electron chi connectivity index (χ3n) is 5.41. The van der Waals surface area contributed by atoms with Crippen molar-refractivity contribution in [3.63, 3.8) is 0 Å². The Bertz CT molecular complexity index is 1080. The van der Waals surface area contributed by atoms with E-state index in [4.69, 9.17) is 5.73 Å². The molecule has 9 heteroatoms. The fourth-order valence-corrected chi connectivity index (χ4v) is 3.61. The van der Waals surface area contributed by atoms with Crippen molar-refractivity contribution in [3.05, 3.63) is 59.2 Å². The Morgan fingerprint density at radius 3 is 2.63 bits per heavy atom. The van der Waals surface area contributed by atoms with Crippen molar-refractivity contribution in [1.29, 1.82) is 0 Å². The fourth-order valence-electron chi connectivity index (χ4n) is 3.61. The van der Waals surface area contributed by atoms with Crippen molar-refractivity contribution < 1.29 is 13.9 Å². The summed E-state index contributed by atoms with van der Waals surface area (Å²) in [6, 6.07) is 5.70. The number of aliphatic imine (C=N–C) groups is 1. The molecule has 0 saturated heterocycles. The summed E-state index contributed by atoms with van der Waals surface area (Å²) in [4.78, 5) is 12.7. The molecule has 0 aliphatic heterocycles. The second kappa shape index (κ2) is 7.56. The number of benzene rings is 1. The minimum absolute atomic E-state index is 0.105. The summed E-state index contributed by atoms with van der Waals surface area (Å²) in [7, 11) is 0. The third-order valence-corrected chi connectivity index (χ3v) is 5.41. The topological polar surface area (TPSA) is 113 Å². The quantitative estimate of drug-likeness (QED) is 0.437. The van der Waals surface area contributed by atoms with Crippen molar-refractivity contribution in [2.75, 3.05) is 0 Å². The number of H-pyrrole nitrogens is 1. The molecule has 1 aromatic carbocycles. The van der Waals surface area contributed by atoms with E-state index in [2.05, 4.69) is 25.2 Å². The SMILES string of the molecule is CC(C)(O)c1ccc(C2CC(c3nc(-c4cc(F)cc(F)c4N=CN)n[nH]3)C2)nc1. The minimum atomic E-state index is -0.924. The van der Waals surface area contributed by atoms with Gasteiger partial charge in [0.25, 0.3) is 0 Å². The van der Waals surface area contributed by atoms with E-state index in [1.807, 2.05) is 12.1 Å². The molecule has 1 aliphatic rings. The van der Waals surface area contributed by atoms with Crippen LogP contribution < -0.4 is 5.73 Å². The minimum Gasteiger partial charge on any atom is -0.390 e. The van der Waals surface area contributed by atoms with Gasteiger partial charge in [-0.3, -0.25) is 10.1 Å². The van der Waals surface area contributed by atoms with Gasteiger partial charge in [-0.25, -0.2) is 18.8 Å². The number of aliphatic hydroxyl groups is 1. The van der Waals surface area contributed by atoms with E-state index in [9.17, 15) is 13.9 Å². The van der Waals surface area contributed by atoms with E-state index in [0.717, 1.165) is 42.6 Å². The van der Waals surface area contributed by atoms with Crippen LogP contribution >= 0.6 is 0 Å². The van der Waals surface area contributed by atoms with Crippen LogP contribution in [-0.2, 0) is 5.60 Å². The van der Waals surface area contributed by atoms with Crippen LogP contribution in [0.5, 0.6) is 0 Å². The molecular formula is C21H22F2N6O. The van der Waals surface area contributed by atoms with Crippen molar-refractivity contribution in [2.45, 2.75) is 44.1 Å². The molecule has 4 rings (SSSR count). The monoisotopic (exact) mass is 412 g/mol. The number of halogens is 2. The molecule has 0 spiro atoms. The summed E-state index contributed by atoms with van der Waals surface area (Å²) >= 11 is 0. The van der Waals surface area contributed by atoms with Gasteiger partial charge in [0.15, 0.2) is 11.6 Å². The number of aromatic nitrogens is 4. The summed E-state index contributed by atoms with van der Waals surface area (Å²) in [6.07, 6.45) is 4.30. The van der Waals surface area contributed by atoms with Gasteiger partial charge < -0.3 is 10.8 Å². The highest BCUT2D eigenvalue weighted by atomic mass is 19.1. The lowest BCUT2D eigenvalue weighted by molar-refractivity contribution is 0.0781. The Kier molecular flexibility index (Phi) is 5.07. The molecule has 0 bridgehead atoms. The maximum absolute atomic E-state index is 14.1. The zero-order chi connectivity index (χ0) is 21.5. The van der Waals surface area contributed by atoms with Gasteiger partial charge in [-0.05, 0) is 38.8 Å². The predicted molar refractivity (Wildman–Crippen MR) is 108 cm³/mol. The maximum atomic E-state index is 14.1. The Hall–Kier alpha value is -3.20. The first-order valence-electron chi connectivity index (χ1n) is 9.61. The van der Waals surface area contributed by atoms with Gasteiger partial charge >= 0.3 is 0 Å². The van der Waals surface area contributed by atoms with Crippen LogP contribution in [0.15, 0.2) is 35.5 Å². The van der Waals surface area contributed by atoms with E-state index >= 15 is 0 Å². The van der Waals surface area contributed by atoms with Crippen LogP contribution in [-0.4, -0.2) is 31.6 Å². The largest absolute Gasteiger partial charge is 0.390 e. The molecule has 0 amide bonds. The molecular weight excluding hydrogens is 390 g/mol. The Labute approximate surface area is 172 Å². The highest BCUT2D eigenvalue weighted by Gasteiger charge is 2.35. The van der Waals surface area contributed by atoms with Gasteiger partial charge in [0.05, 0.1) is 17.5 Å². The molecule has 7 nitrogen and oxygen atoms in total. The second-order valence-corrected chi connectivity index (χ2v) is 8.00. The number of nitrogens with two attached hydrogens (primary N) is 1. The molecule has 30 heavy (non-hydrogen) atoms. The Morgan fingerprint density at radius 1 is 1.23 bits per heavy atom. The summed E-state index contributed by atoms with van der Waals surface area (Å²) in [5, 5.41) is 17.0. The summed E-state index contributed by atoms with van der Waals surface area (Å²) in [5.74, 6) is -0.325. The smallest absolute Gasteiger partial charge is 0.183 e. The van der Waals surface area contributed by atoms with E-state index in [1.165, 1.54) is 0 Å². The zero-order valence-electron chi connectivity index (χ0n) is 16.6. The first-order valence-corrected chi connectivity index (χ1v) is 9.61. The molecule has 3 aromatic rings. The van der Waals surface area contributed by atoms with Crippen LogP contribution in [0.2, 0.25) is 0 Å². The van der Waals surface area contributed by atoms with Crippen molar-refractivity contribution in [2.24, 2.45) is 10.7 Å².